The molecule has 0 aliphatic carbocycles. The summed E-state index contributed by atoms with van der Waals surface area (Å²) in [4.78, 5) is 30.7. The summed E-state index contributed by atoms with van der Waals surface area (Å²) in [5, 5.41) is 0. The monoisotopic (exact) mass is 208 g/mol. The zero-order valence-corrected chi connectivity index (χ0v) is 8.36. The summed E-state index contributed by atoms with van der Waals surface area (Å²) < 4.78 is 0. The Bertz CT molecular complexity index is 454. The van der Waals surface area contributed by atoms with E-state index in [4.69, 9.17) is 5.73 Å². The van der Waals surface area contributed by atoms with Crippen LogP contribution in [0.15, 0.2) is 10.9 Å². The third kappa shape index (κ3) is 1.89. The van der Waals surface area contributed by atoms with E-state index in [0.717, 1.165) is 0 Å². The van der Waals surface area contributed by atoms with Crippen LogP contribution in [0, 0.1) is 6.92 Å². The molecule has 1 aromatic heterocycles. The zero-order valence-electron chi connectivity index (χ0n) is 8.36. The van der Waals surface area contributed by atoms with E-state index in [0.29, 0.717) is 18.7 Å². The summed E-state index contributed by atoms with van der Waals surface area (Å²) in [6.45, 7) is 2.12. The van der Waals surface area contributed by atoms with Crippen LogP contribution in [0.4, 0.5) is 5.95 Å². The van der Waals surface area contributed by atoms with Crippen LogP contribution in [0.1, 0.15) is 12.1 Å². The molecule has 15 heavy (non-hydrogen) atoms. The molecule has 80 valence electrons. The zero-order chi connectivity index (χ0) is 11.0. The van der Waals surface area contributed by atoms with Gasteiger partial charge in [-0.3, -0.25) is 19.5 Å². The lowest BCUT2D eigenvalue weighted by Crippen LogP contribution is -2.31. The molecule has 2 heterocycles. The highest BCUT2D eigenvalue weighted by Crippen LogP contribution is 2.15. The molecule has 0 radical (unpaired) electrons. The number of H-pyrrole nitrogens is 1. The molecule has 0 aromatic carbocycles. The van der Waals surface area contributed by atoms with E-state index in [-0.39, 0.29) is 23.5 Å². The van der Waals surface area contributed by atoms with E-state index >= 15 is 0 Å². The lowest BCUT2D eigenvalue weighted by Gasteiger charge is -2.14. The van der Waals surface area contributed by atoms with Crippen LogP contribution in [0.2, 0.25) is 0 Å². The van der Waals surface area contributed by atoms with Gasteiger partial charge >= 0.3 is 0 Å². The van der Waals surface area contributed by atoms with Gasteiger partial charge in [-0.15, -0.1) is 0 Å². The van der Waals surface area contributed by atoms with Crippen LogP contribution in [0.25, 0.3) is 0 Å². The van der Waals surface area contributed by atoms with Crippen molar-refractivity contribution in [2.24, 2.45) is 5.73 Å². The molecule has 1 aromatic rings. The Morgan fingerprint density at radius 3 is 2.87 bits per heavy atom. The standard InChI is InChI=1S/C9H12N4O2/c1-5-2-7(14)12-9(11-5)13-4-6(10)3-8(13)15/h2,6H,3-4,10H2,1H3,(H,11,12,14). The second-order valence-electron chi connectivity index (χ2n) is 3.68. The molecule has 2 rings (SSSR count). The van der Waals surface area contributed by atoms with Gasteiger partial charge in [-0.1, -0.05) is 0 Å². The largest absolute Gasteiger partial charge is 0.326 e. The second kappa shape index (κ2) is 3.47. The molecule has 1 unspecified atom stereocenters. The first-order valence-corrected chi connectivity index (χ1v) is 4.70. The highest BCUT2D eigenvalue weighted by molar-refractivity contribution is 5.94. The topological polar surface area (TPSA) is 92.1 Å². The molecule has 1 saturated heterocycles. The number of nitrogens with two attached hydrogens (primary N) is 1. The average molecular weight is 208 g/mol. The Kier molecular flexibility index (Phi) is 2.28. The van der Waals surface area contributed by atoms with Crippen LogP contribution in [-0.2, 0) is 4.79 Å². The molecule has 0 saturated carbocycles. The number of hydrogen-bond acceptors (Lipinski definition) is 4. The highest BCUT2D eigenvalue weighted by atomic mass is 16.2. The van der Waals surface area contributed by atoms with Crippen molar-refractivity contribution in [3.05, 3.63) is 22.1 Å². The van der Waals surface area contributed by atoms with Gasteiger partial charge in [0.15, 0.2) is 0 Å². The predicted octanol–water partition coefficient (Wildman–Crippen LogP) is -0.858. The molecule has 3 N–H and O–H groups in total. The van der Waals surface area contributed by atoms with Crippen LogP contribution in [-0.4, -0.2) is 28.5 Å². The Morgan fingerprint density at radius 2 is 2.33 bits per heavy atom. The Balaban J connectivity index is 2.37. The fourth-order valence-corrected chi connectivity index (χ4v) is 1.63. The molecule has 6 nitrogen and oxygen atoms in total. The molecule has 1 fully saturated rings. The Hall–Kier alpha value is -1.69. The number of amides is 1. The lowest BCUT2D eigenvalue weighted by molar-refractivity contribution is -0.117. The van der Waals surface area contributed by atoms with Crippen LogP contribution in [0.3, 0.4) is 0 Å². The van der Waals surface area contributed by atoms with Crippen molar-refractivity contribution in [2.45, 2.75) is 19.4 Å². The number of carbonyl (C=O) groups is 1. The molecule has 1 aliphatic rings. The maximum absolute atomic E-state index is 11.5. The summed E-state index contributed by atoms with van der Waals surface area (Å²) >= 11 is 0. The molecule has 6 heteroatoms. The quantitative estimate of drug-likeness (QED) is 0.628. The van der Waals surface area contributed by atoms with E-state index in [9.17, 15) is 9.59 Å². The van der Waals surface area contributed by atoms with Gasteiger partial charge in [0.05, 0.1) is 0 Å². The number of nitrogens with zero attached hydrogens (tertiary/aromatic N) is 2. The van der Waals surface area contributed by atoms with Gasteiger partial charge < -0.3 is 5.73 Å². The van der Waals surface area contributed by atoms with Crippen molar-refractivity contribution in [2.75, 3.05) is 11.4 Å². The first-order valence-electron chi connectivity index (χ1n) is 4.70. The molecule has 0 bridgehead atoms. The summed E-state index contributed by atoms with van der Waals surface area (Å²) in [5.74, 6) is 0.189. The fourth-order valence-electron chi connectivity index (χ4n) is 1.63. The van der Waals surface area contributed by atoms with Crippen molar-refractivity contribution in [1.82, 2.24) is 9.97 Å². The third-order valence-corrected chi connectivity index (χ3v) is 2.27. The van der Waals surface area contributed by atoms with Crippen LogP contribution < -0.4 is 16.2 Å². The molecule has 1 atom stereocenters. The van der Waals surface area contributed by atoms with Gasteiger partial charge in [0.1, 0.15) is 0 Å². The molecular formula is C9H12N4O2. The van der Waals surface area contributed by atoms with Crippen molar-refractivity contribution in [3.8, 4) is 0 Å². The summed E-state index contributed by atoms with van der Waals surface area (Å²) in [6.07, 6.45) is 0.303. The summed E-state index contributed by atoms with van der Waals surface area (Å²) in [6, 6.07) is 1.20. The van der Waals surface area contributed by atoms with E-state index in [2.05, 4.69) is 9.97 Å². The fraction of sp³-hybridized carbons (Fsp3) is 0.444. The smallest absolute Gasteiger partial charge is 0.252 e. The maximum Gasteiger partial charge on any atom is 0.252 e. The normalized spacial score (nSPS) is 21.1. The number of carbonyl (C=O) groups excluding carboxylic acids is 1. The van der Waals surface area contributed by atoms with Gasteiger partial charge in [-0.05, 0) is 6.92 Å². The Labute approximate surface area is 86.1 Å². The number of aromatic amines is 1. The molecular weight excluding hydrogens is 196 g/mol. The number of hydrogen-bond donors (Lipinski definition) is 2. The van der Waals surface area contributed by atoms with Crippen LogP contribution >= 0.6 is 0 Å². The molecule has 1 amide bonds. The van der Waals surface area contributed by atoms with E-state index < -0.39 is 0 Å². The average Bonchev–Trinajstić information content (AvgIpc) is 2.43. The number of anilines is 1. The predicted molar refractivity (Wildman–Crippen MR) is 54.5 cm³/mol. The third-order valence-electron chi connectivity index (χ3n) is 2.27. The van der Waals surface area contributed by atoms with Gasteiger partial charge in [0, 0.05) is 30.8 Å². The first-order chi connectivity index (χ1) is 7.06. The summed E-state index contributed by atoms with van der Waals surface area (Å²) in [5.41, 5.74) is 5.97. The minimum atomic E-state index is -0.259. The number of aromatic nitrogens is 2. The minimum absolute atomic E-state index is 0.101. The van der Waals surface area contributed by atoms with Gasteiger partial charge in [0.25, 0.3) is 5.56 Å². The minimum Gasteiger partial charge on any atom is -0.326 e. The van der Waals surface area contributed by atoms with Crippen molar-refractivity contribution in [1.29, 1.82) is 0 Å². The summed E-state index contributed by atoms with van der Waals surface area (Å²) in [7, 11) is 0. The van der Waals surface area contributed by atoms with Gasteiger partial charge in [0.2, 0.25) is 11.9 Å². The van der Waals surface area contributed by atoms with E-state index in [1.54, 1.807) is 6.92 Å². The number of aryl methyl sites for hydroxylation is 1. The lowest BCUT2D eigenvalue weighted by atomic mass is 10.3. The SMILES string of the molecule is Cc1cc(=O)[nH]c(N2CC(N)CC2=O)n1. The number of nitrogens with one attached hydrogen (secondary N) is 1. The van der Waals surface area contributed by atoms with Crippen molar-refractivity contribution >= 4 is 11.9 Å². The first kappa shape index (κ1) is 9.85. The second-order valence-corrected chi connectivity index (χ2v) is 3.68. The van der Waals surface area contributed by atoms with Gasteiger partial charge in [-0.2, -0.15) is 0 Å². The number of rotatable bonds is 1. The van der Waals surface area contributed by atoms with Crippen LogP contribution in [0.5, 0.6) is 0 Å². The Morgan fingerprint density at radius 1 is 1.60 bits per heavy atom. The van der Waals surface area contributed by atoms with Crippen molar-refractivity contribution < 1.29 is 4.79 Å². The van der Waals surface area contributed by atoms with Crippen molar-refractivity contribution in [3.63, 3.8) is 0 Å². The molecule has 1 aliphatic heterocycles. The van der Waals surface area contributed by atoms with E-state index in [1.807, 2.05) is 0 Å². The van der Waals surface area contributed by atoms with Gasteiger partial charge in [-0.25, -0.2) is 4.98 Å². The van der Waals surface area contributed by atoms with E-state index in [1.165, 1.54) is 11.0 Å². The maximum atomic E-state index is 11.5. The highest BCUT2D eigenvalue weighted by Gasteiger charge is 2.29. The molecule has 0 spiro atoms.